The molecule has 1 unspecified atom stereocenters. The summed E-state index contributed by atoms with van der Waals surface area (Å²) in [6.07, 6.45) is -4.45. The first kappa shape index (κ1) is 13.8. The molecule has 0 aliphatic rings. The zero-order chi connectivity index (χ0) is 11.8. The van der Waals surface area contributed by atoms with E-state index >= 15 is 0 Å². The van der Waals surface area contributed by atoms with Gasteiger partial charge in [0.05, 0.1) is 13.2 Å². The Morgan fingerprint density at radius 3 is 2.60 bits per heavy atom. The second-order valence-electron chi connectivity index (χ2n) is 2.73. The number of aliphatic hydroxyl groups excluding tert-OH is 3. The van der Waals surface area contributed by atoms with Gasteiger partial charge in [0.15, 0.2) is 5.78 Å². The molecule has 3 N–H and O–H groups in total. The lowest BCUT2D eigenvalue weighted by Crippen LogP contribution is -2.43. The summed E-state index contributed by atoms with van der Waals surface area (Å²) in [4.78, 5) is 13.8. The van der Waals surface area contributed by atoms with Gasteiger partial charge in [0.1, 0.15) is 18.3 Å². The molecule has 0 amide bonds. The third-order valence-electron chi connectivity index (χ3n) is 1.76. The first-order chi connectivity index (χ1) is 7.08. The smallest absolute Gasteiger partial charge is 0.192 e. The molecule has 0 saturated heterocycles. The predicted octanol–water partition coefficient (Wildman–Crippen LogP) is -1.41. The van der Waals surface area contributed by atoms with Crippen LogP contribution in [0.25, 0.3) is 10.4 Å². The summed E-state index contributed by atoms with van der Waals surface area (Å²) in [5.41, 5.74) is 8.03. The number of ketones is 1. The molecular weight excluding hydrogens is 206 g/mol. The van der Waals surface area contributed by atoms with Crippen LogP contribution in [0.1, 0.15) is 0 Å². The number of hydrogen-bond donors (Lipinski definition) is 3. The number of rotatable bonds is 7. The average Bonchev–Trinajstić information content (AvgIpc) is 2.27. The van der Waals surface area contributed by atoms with Gasteiger partial charge in [0, 0.05) is 12.0 Å². The molecule has 0 saturated carbocycles. The molecule has 0 aliphatic heterocycles. The predicted molar refractivity (Wildman–Crippen MR) is 48.9 cm³/mol. The molecule has 0 aromatic heterocycles. The van der Waals surface area contributed by atoms with Crippen LogP contribution in [0, 0.1) is 0 Å². The topological polar surface area (TPSA) is 136 Å². The molecule has 0 aliphatic carbocycles. The van der Waals surface area contributed by atoms with Crippen LogP contribution >= 0.6 is 0 Å². The summed E-state index contributed by atoms with van der Waals surface area (Å²) in [7, 11) is 1.20. The van der Waals surface area contributed by atoms with Crippen LogP contribution in [0.3, 0.4) is 0 Å². The minimum Gasteiger partial charge on any atom is -0.394 e. The van der Waals surface area contributed by atoms with E-state index in [0.717, 1.165) is 0 Å². The molecule has 0 rings (SSSR count). The van der Waals surface area contributed by atoms with Crippen molar-refractivity contribution in [3.05, 3.63) is 10.4 Å². The van der Waals surface area contributed by atoms with E-state index in [0.29, 0.717) is 0 Å². The average molecular weight is 219 g/mol. The van der Waals surface area contributed by atoms with Crippen LogP contribution < -0.4 is 0 Å². The van der Waals surface area contributed by atoms with Crippen molar-refractivity contribution in [2.75, 3.05) is 20.3 Å². The highest BCUT2D eigenvalue weighted by atomic mass is 16.5. The lowest BCUT2D eigenvalue weighted by molar-refractivity contribution is -0.144. The highest BCUT2D eigenvalue weighted by Crippen LogP contribution is 2.02. The Morgan fingerprint density at radius 1 is 1.60 bits per heavy atom. The quantitative estimate of drug-likeness (QED) is 0.274. The molecule has 8 heteroatoms. The molecular formula is C7H13N3O5. The molecule has 8 nitrogen and oxygen atoms in total. The molecule has 0 radical (unpaired) electrons. The van der Waals surface area contributed by atoms with Gasteiger partial charge in [-0.15, -0.1) is 0 Å². The molecule has 0 aromatic carbocycles. The third kappa shape index (κ3) is 4.24. The molecule has 0 aromatic rings. The Bertz CT molecular complexity index is 253. The highest BCUT2D eigenvalue weighted by Gasteiger charge is 2.29. The van der Waals surface area contributed by atoms with E-state index in [-0.39, 0.29) is 6.54 Å². The number of azide groups is 1. The molecule has 0 heterocycles. The maximum Gasteiger partial charge on any atom is 0.192 e. The summed E-state index contributed by atoms with van der Waals surface area (Å²) in [6, 6.07) is 0. The van der Waals surface area contributed by atoms with Crippen molar-refractivity contribution in [1.29, 1.82) is 0 Å². The van der Waals surface area contributed by atoms with Gasteiger partial charge in [-0.2, -0.15) is 0 Å². The maximum atomic E-state index is 11.4. The fourth-order valence-electron chi connectivity index (χ4n) is 0.871. The highest BCUT2D eigenvalue weighted by molar-refractivity contribution is 5.88. The van der Waals surface area contributed by atoms with Crippen molar-refractivity contribution in [2.45, 2.75) is 18.3 Å². The zero-order valence-electron chi connectivity index (χ0n) is 8.15. The second-order valence-corrected chi connectivity index (χ2v) is 2.73. The number of carbonyl (C=O) groups is 1. The standard InChI is InChI=1S/C7H13N3O5/c1-15-5(2-9-10-8)7(14)6(13)4(12)3-11/h4-6,11-13H,2-3H2,1H3/t4?,5-,6-/m0/s1. The monoisotopic (exact) mass is 219 g/mol. The zero-order valence-corrected chi connectivity index (χ0v) is 8.15. The van der Waals surface area contributed by atoms with Crippen molar-refractivity contribution >= 4 is 5.78 Å². The van der Waals surface area contributed by atoms with E-state index in [1.54, 1.807) is 0 Å². The van der Waals surface area contributed by atoms with Crippen molar-refractivity contribution in [3.63, 3.8) is 0 Å². The first-order valence-corrected chi connectivity index (χ1v) is 4.12. The number of carbonyl (C=O) groups excluding carboxylic acids is 1. The summed E-state index contributed by atoms with van der Waals surface area (Å²) >= 11 is 0. The van der Waals surface area contributed by atoms with E-state index in [2.05, 4.69) is 14.8 Å². The SMILES string of the molecule is CO[C@@H](CN=[N+]=[N-])C(=O)[C@@H](O)C(O)CO. The van der Waals surface area contributed by atoms with Crippen molar-refractivity contribution in [2.24, 2.45) is 5.11 Å². The first-order valence-electron chi connectivity index (χ1n) is 4.12. The van der Waals surface area contributed by atoms with Crippen molar-refractivity contribution in [1.82, 2.24) is 0 Å². The molecule has 15 heavy (non-hydrogen) atoms. The number of ether oxygens (including phenoxy) is 1. The Morgan fingerprint density at radius 2 is 2.20 bits per heavy atom. The normalized spacial score (nSPS) is 16.3. The molecule has 3 atom stereocenters. The Hall–Kier alpha value is -1.18. The fraction of sp³-hybridized carbons (Fsp3) is 0.857. The van der Waals surface area contributed by atoms with Gasteiger partial charge in [0.25, 0.3) is 0 Å². The van der Waals surface area contributed by atoms with Crippen LogP contribution in [0.2, 0.25) is 0 Å². The number of nitrogens with zero attached hydrogens (tertiary/aromatic N) is 3. The van der Waals surface area contributed by atoms with Gasteiger partial charge in [-0.3, -0.25) is 4.79 Å². The van der Waals surface area contributed by atoms with Gasteiger partial charge in [-0.1, -0.05) is 5.11 Å². The van der Waals surface area contributed by atoms with E-state index < -0.39 is 30.7 Å². The Balaban J connectivity index is 4.42. The Kier molecular flexibility index (Phi) is 6.59. The van der Waals surface area contributed by atoms with Gasteiger partial charge < -0.3 is 20.1 Å². The minimum atomic E-state index is -1.76. The molecule has 0 bridgehead atoms. The van der Waals surface area contributed by atoms with Crippen molar-refractivity contribution in [3.8, 4) is 0 Å². The van der Waals surface area contributed by atoms with Crippen LogP contribution in [0.15, 0.2) is 5.11 Å². The van der Waals surface area contributed by atoms with Crippen molar-refractivity contribution < 1.29 is 24.9 Å². The summed E-state index contributed by atoms with van der Waals surface area (Å²) in [5.74, 6) is -0.841. The van der Waals surface area contributed by atoms with Crippen LogP contribution in [-0.2, 0) is 9.53 Å². The van der Waals surface area contributed by atoms with Crippen LogP contribution in [-0.4, -0.2) is 59.7 Å². The van der Waals surface area contributed by atoms with Gasteiger partial charge in [-0.05, 0) is 5.53 Å². The lowest BCUT2D eigenvalue weighted by atomic mass is 10.1. The van der Waals surface area contributed by atoms with Crippen LogP contribution in [0.5, 0.6) is 0 Å². The van der Waals surface area contributed by atoms with Gasteiger partial charge in [-0.25, -0.2) is 0 Å². The van der Waals surface area contributed by atoms with E-state index in [9.17, 15) is 9.90 Å². The summed E-state index contributed by atoms with van der Waals surface area (Å²) in [5, 5.41) is 29.8. The number of methoxy groups -OCH3 is 1. The minimum absolute atomic E-state index is 0.277. The van der Waals surface area contributed by atoms with E-state index in [1.165, 1.54) is 7.11 Å². The van der Waals surface area contributed by atoms with Crippen LogP contribution in [0.4, 0.5) is 0 Å². The largest absolute Gasteiger partial charge is 0.394 e. The van der Waals surface area contributed by atoms with E-state index in [1.807, 2.05) is 0 Å². The third-order valence-corrected chi connectivity index (χ3v) is 1.76. The van der Waals surface area contributed by atoms with Gasteiger partial charge in [0.2, 0.25) is 0 Å². The fourth-order valence-corrected chi connectivity index (χ4v) is 0.871. The number of Topliss-reactive ketones (excluding diaryl/α,β-unsaturated/α-hetero) is 1. The van der Waals surface area contributed by atoms with E-state index in [4.69, 9.17) is 15.7 Å². The maximum absolute atomic E-state index is 11.4. The second kappa shape index (κ2) is 7.16. The number of aliphatic hydroxyl groups is 3. The molecule has 86 valence electrons. The Labute approximate surface area is 85.7 Å². The van der Waals surface area contributed by atoms with Gasteiger partial charge >= 0.3 is 0 Å². The molecule has 0 spiro atoms. The lowest BCUT2D eigenvalue weighted by Gasteiger charge is -2.18. The summed E-state index contributed by atoms with van der Waals surface area (Å²) in [6.45, 7) is -1.02. The number of hydrogen-bond acceptors (Lipinski definition) is 6. The summed E-state index contributed by atoms with van der Waals surface area (Å²) < 4.78 is 4.66. The molecule has 0 fully saturated rings.